The quantitative estimate of drug-likeness (QED) is 0.900. The molecule has 0 bridgehead atoms. The van der Waals surface area contributed by atoms with Crippen LogP contribution >= 0.6 is 0 Å². The first-order valence-corrected chi connectivity index (χ1v) is 7.27. The highest BCUT2D eigenvalue weighted by Gasteiger charge is 2.33. The molecule has 1 saturated heterocycles. The number of halogens is 1. The van der Waals surface area contributed by atoms with Gasteiger partial charge in [0.15, 0.2) is 0 Å². The van der Waals surface area contributed by atoms with Crippen LogP contribution in [0.25, 0.3) is 0 Å². The molecular formula is C16H25FN2. The Hall–Kier alpha value is -1.09. The molecule has 1 aromatic rings. The van der Waals surface area contributed by atoms with E-state index in [9.17, 15) is 4.39 Å². The Kier molecular flexibility index (Phi) is 4.46. The van der Waals surface area contributed by atoms with E-state index in [4.69, 9.17) is 0 Å². The van der Waals surface area contributed by atoms with Crippen molar-refractivity contribution in [2.45, 2.75) is 39.7 Å². The number of nitrogens with one attached hydrogen (secondary N) is 1. The number of anilines is 1. The van der Waals surface area contributed by atoms with Crippen LogP contribution in [0.1, 0.15) is 33.6 Å². The van der Waals surface area contributed by atoms with Gasteiger partial charge in [-0.3, -0.25) is 0 Å². The van der Waals surface area contributed by atoms with E-state index in [2.05, 4.69) is 31.0 Å². The third-order valence-corrected chi connectivity index (χ3v) is 4.44. The summed E-state index contributed by atoms with van der Waals surface area (Å²) in [6.45, 7) is 9.98. The van der Waals surface area contributed by atoms with Crippen LogP contribution in [0.3, 0.4) is 0 Å². The van der Waals surface area contributed by atoms with Crippen molar-refractivity contribution < 1.29 is 4.39 Å². The summed E-state index contributed by atoms with van der Waals surface area (Å²) in [4.78, 5) is 2.45. The Balaban J connectivity index is 2.29. The second kappa shape index (κ2) is 5.91. The Morgan fingerprint density at radius 2 is 2.00 bits per heavy atom. The van der Waals surface area contributed by atoms with Crippen molar-refractivity contribution in [2.75, 3.05) is 24.5 Å². The van der Waals surface area contributed by atoms with Gasteiger partial charge in [-0.05, 0) is 49.1 Å². The summed E-state index contributed by atoms with van der Waals surface area (Å²) in [6.07, 6.45) is 2.27. The van der Waals surface area contributed by atoms with Crippen LogP contribution in [0.2, 0.25) is 0 Å². The van der Waals surface area contributed by atoms with Crippen LogP contribution in [0, 0.1) is 11.2 Å². The van der Waals surface area contributed by atoms with E-state index in [-0.39, 0.29) is 11.2 Å². The number of hydrogen-bond donors (Lipinski definition) is 1. The van der Waals surface area contributed by atoms with Crippen molar-refractivity contribution in [3.63, 3.8) is 0 Å². The van der Waals surface area contributed by atoms with Gasteiger partial charge in [-0.15, -0.1) is 0 Å². The van der Waals surface area contributed by atoms with Crippen molar-refractivity contribution in [1.82, 2.24) is 5.32 Å². The normalized spacial score (nSPS) is 21.3. The molecule has 2 nitrogen and oxygen atoms in total. The molecule has 1 fully saturated rings. The van der Waals surface area contributed by atoms with Crippen molar-refractivity contribution in [3.8, 4) is 0 Å². The molecular weight excluding hydrogens is 239 g/mol. The topological polar surface area (TPSA) is 15.3 Å². The lowest BCUT2D eigenvalue weighted by Crippen LogP contribution is -2.49. The summed E-state index contributed by atoms with van der Waals surface area (Å²) >= 11 is 0. The third kappa shape index (κ3) is 3.27. The van der Waals surface area contributed by atoms with E-state index in [0.29, 0.717) is 6.04 Å². The van der Waals surface area contributed by atoms with Gasteiger partial charge in [0.2, 0.25) is 0 Å². The maximum absolute atomic E-state index is 13.1. The fourth-order valence-electron chi connectivity index (χ4n) is 2.75. The number of rotatable bonds is 3. The molecule has 2 rings (SSSR count). The van der Waals surface area contributed by atoms with Gasteiger partial charge in [0.05, 0.1) is 0 Å². The minimum absolute atomic E-state index is 0.164. The van der Waals surface area contributed by atoms with Crippen molar-refractivity contribution in [3.05, 3.63) is 30.1 Å². The van der Waals surface area contributed by atoms with Gasteiger partial charge in [0, 0.05) is 24.8 Å². The fraction of sp³-hybridized carbons (Fsp3) is 0.625. The van der Waals surface area contributed by atoms with Gasteiger partial charge in [0.25, 0.3) is 0 Å². The second-order valence-electron chi connectivity index (χ2n) is 6.09. The van der Waals surface area contributed by atoms with E-state index < -0.39 is 0 Å². The summed E-state index contributed by atoms with van der Waals surface area (Å²) in [7, 11) is 0. The van der Waals surface area contributed by atoms with Crippen LogP contribution in [0.4, 0.5) is 10.1 Å². The SMILES string of the molecule is CCC(C)(C)C1CNCCCN1c1ccc(F)cc1. The standard InChI is InChI=1S/C16H25FN2/c1-4-16(2,3)15-12-18-10-5-11-19(15)14-8-6-13(17)7-9-14/h6-9,15,18H,4-5,10-12H2,1-3H3. The molecule has 1 aliphatic rings. The smallest absolute Gasteiger partial charge is 0.123 e. The molecule has 3 heteroatoms. The highest BCUT2D eigenvalue weighted by molar-refractivity contribution is 5.48. The zero-order valence-corrected chi connectivity index (χ0v) is 12.2. The molecule has 19 heavy (non-hydrogen) atoms. The summed E-state index contributed by atoms with van der Waals surface area (Å²) < 4.78 is 13.1. The average Bonchev–Trinajstić information content (AvgIpc) is 2.66. The van der Waals surface area contributed by atoms with Crippen molar-refractivity contribution >= 4 is 5.69 Å². The first-order valence-electron chi connectivity index (χ1n) is 7.27. The largest absolute Gasteiger partial charge is 0.367 e. The first-order chi connectivity index (χ1) is 9.04. The van der Waals surface area contributed by atoms with Crippen molar-refractivity contribution in [1.29, 1.82) is 0 Å². The summed E-state index contributed by atoms with van der Waals surface area (Å²) in [6, 6.07) is 7.37. The zero-order valence-electron chi connectivity index (χ0n) is 12.2. The fourth-order valence-corrected chi connectivity index (χ4v) is 2.75. The van der Waals surface area contributed by atoms with E-state index in [0.717, 1.165) is 38.2 Å². The highest BCUT2D eigenvalue weighted by atomic mass is 19.1. The van der Waals surface area contributed by atoms with Gasteiger partial charge in [-0.1, -0.05) is 20.8 Å². The molecule has 0 radical (unpaired) electrons. The molecule has 1 aromatic carbocycles. The lowest BCUT2D eigenvalue weighted by atomic mass is 9.80. The summed E-state index contributed by atoms with van der Waals surface area (Å²) in [5.41, 5.74) is 1.38. The molecule has 1 atom stereocenters. The highest BCUT2D eigenvalue weighted by Crippen LogP contribution is 2.32. The Morgan fingerprint density at radius 3 is 2.63 bits per heavy atom. The average molecular weight is 264 g/mol. The summed E-state index contributed by atoms with van der Waals surface area (Å²) in [5.74, 6) is -0.164. The molecule has 106 valence electrons. The monoisotopic (exact) mass is 264 g/mol. The van der Waals surface area contributed by atoms with E-state index in [1.807, 2.05) is 12.1 Å². The van der Waals surface area contributed by atoms with Crippen LogP contribution in [-0.4, -0.2) is 25.7 Å². The lowest BCUT2D eigenvalue weighted by molar-refractivity contribution is 0.262. The van der Waals surface area contributed by atoms with Crippen LogP contribution in [0.15, 0.2) is 24.3 Å². The third-order valence-electron chi connectivity index (χ3n) is 4.44. The maximum Gasteiger partial charge on any atom is 0.123 e. The Morgan fingerprint density at radius 1 is 1.32 bits per heavy atom. The molecule has 1 heterocycles. The minimum Gasteiger partial charge on any atom is -0.367 e. The van der Waals surface area contributed by atoms with Gasteiger partial charge >= 0.3 is 0 Å². The van der Waals surface area contributed by atoms with Gasteiger partial charge in [-0.25, -0.2) is 4.39 Å². The number of nitrogens with zero attached hydrogens (tertiary/aromatic N) is 1. The zero-order chi connectivity index (χ0) is 13.9. The van der Waals surface area contributed by atoms with Gasteiger partial charge < -0.3 is 10.2 Å². The predicted molar refractivity (Wildman–Crippen MR) is 79.1 cm³/mol. The maximum atomic E-state index is 13.1. The van der Waals surface area contributed by atoms with E-state index >= 15 is 0 Å². The molecule has 0 aliphatic carbocycles. The molecule has 1 N–H and O–H groups in total. The minimum atomic E-state index is -0.164. The Bertz CT molecular complexity index is 400. The predicted octanol–water partition coefficient (Wildman–Crippen LogP) is 3.43. The lowest BCUT2D eigenvalue weighted by Gasteiger charge is -2.42. The van der Waals surface area contributed by atoms with Crippen LogP contribution in [0.5, 0.6) is 0 Å². The van der Waals surface area contributed by atoms with Gasteiger partial charge in [0.1, 0.15) is 5.82 Å². The van der Waals surface area contributed by atoms with Crippen molar-refractivity contribution in [2.24, 2.45) is 5.41 Å². The first kappa shape index (κ1) is 14.3. The summed E-state index contributed by atoms with van der Waals surface area (Å²) in [5, 5.41) is 3.53. The number of hydrogen-bond acceptors (Lipinski definition) is 2. The van der Waals surface area contributed by atoms with Gasteiger partial charge in [-0.2, -0.15) is 0 Å². The molecule has 0 aromatic heterocycles. The molecule has 0 amide bonds. The molecule has 0 saturated carbocycles. The van der Waals surface area contributed by atoms with Crippen LogP contribution in [-0.2, 0) is 0 Å². The van der Waals surface area contributed by atoms with E-state index in [1.54, 1.807) is 12.1 Å². The second-order valence-corrected chi connectivity index (χ2v) is 6.09. The molecule has 1 unspecified atom stereocenters. The molecule has 1 aliphatic heterocycles. The van der Waals surface area contributed by atoms with E-state index in [1.165, 1.54) is 0 Å². The Labute approximate surface area is 116 Å². The van der Waals surface area contributed by atoms with Crippen LogP contribution < -0.4 is 10.2 Å². The molecule has 0 spiro atoms. The number of benzene rings is 1.